The van der Waals surface area contributed by atoms with Crippen molar-refractivity contribution < 1.29 is 27.1 Å². The fourth-order valence-corrected chi connectivity index (χ4v) is 3.99. The monoisotopic (exact) mass is 490 g/mol. The van der Waals surface area contributed by atoms with E-state index in [2.05, 4.69) is 10.0 Å². The minimum atomic E-state index is -4.09. The Morgan fingerprint density at radius 3 is 2.30 bits per heavy atom. The molecule has 0 fully saturated rings. The first-order valence-corrected chi connectivity index (χ1v) is 11.6. The number of carbonyl (C=O) groups excluding carboxylic acids is 2. The Labute approximate surface area is 195 Å². The van der Waals surface area contributed by atoms with Crippen LogP contribution in [0.2, 0.25) is 5.02 Å². The van der Waals surface area contributed by atoms with Crippen LogP contribution in [0.15, 0.2) is 77.7 Å². The number of benzene rings is 3. The van der Waals surface area contributed by atoms with E-state index in [1.54, 1.807) is 24.3 Å². The Bertz CT molecular complexity index is 1250. The first-order chi connectivity index (χ1) is 15.7. The van der Waals surface area contributed by atoms with Crippen LogP contribution in [0.25, 0.3) is 0 Å². The average molecular weight is 491 g/mol. The second kappa shape index (κ2) is 10.5. The van der Waals surface area contributed by atoms with E-state index in [0.29, 0.717) is 5.02 Å². The maximum atomic E-state index is 13.1. The largest absolute Gasteiger partial charge is 0.449 e. The van der Waals surface area contributed by atoms with Crippen molar-refractivity contribution in [3.05, 3.63) is 94.8 Å². The van der Waals surface area contributed by atoms with Crippen molar-refractivity contribution in [3.63, 3.8) is 0 Å². The first-order valence-electron chi connectivity index (χ1n) is 9.76. The number of ether oxygens (including phenoxy) is 1. The van der Waals surface area contributed by atoms with Crippen molar-refractivity contribution in [2.24, 2.45) is 0 Å². The van der Waals surface area contributed by atoms with Crippen molar-refractivity contribution in [1.29, 1.82) is 0 Å². The molecule has 0 aromatic heterocycles. The van der Waals surface area contributed by atoms with Gasteiger partial charge in [0.15, 0.2) is 6.10 Å². The van der Waals surface area contributed by atoms with E-state index >= 15 is 0 Å². The van der Waals surface area contributed by atoms with Crippen LogP contribution < -0.4 is 10.0 Å². The van der Waals surface area contributed by atoms with E-state index in [-0.39, 0.29) is 22.7 Å². The molecule has 3 rings (SSSR count). The van der Waals surface area contributed by atoms with Crippen LogP contribution in [0.1, 0.15) is 22.8 Å². The number of carbonyl (C=O) groups is 2. The summed E-state index contributed by atoms with van der Waals surface area (Å²) in [6.07, 6.45) is -1.13. The molecule has 1 amide bonds. The van der Waals surface area contributed by atoms with Gasteiger partial charge in [-0.1, -0.05) is 35.9 Å². The molecule has 2 N–H and O–H groups in total. The Balaban J connectivity index is 1.67. The maximum absolute atomic E-state index is 13.1. The van der Waals surface area contributed by atoms with Crippen molar-refractivity contribution in [2.45, 2.75) is 24.5 Å². The molecule has 0 radical (unpaired) electrons. The lowest BCUT2D eigenvalue weighted by Gasteiger charge is -2.16. The second-order valence-electron chi connectivity index (χ2n) is 7.00. The Hall–Kier alpha value is -3.43. The van der Waals surface area contributed by atoms with Gasteiger partial charge in [-0.2, -0.15) is 0 Å². The molecule has 3 aromatic rings. The molecule has 0 aliphatic heterocycles. The van der Waals surface area contributed by atoms with Crippen LogP contribution in [-0.2, 0) is 26.1 Å². The molecule has 10 heteroatoms. The van der Waals surface area contributed by atoms with E-state index in [1.165, 1.54) is 31.2 Å². The van der Waals surface area contributed by atoms with Crippen molar-refractivity contribution >= 4 is 39.2 Å². The molecule has 7 nitrogen and oxygen atoms in total. The van der Waals surface area contributed by atoms with E-state index in [9.17, 15) is 22.4 Å². The standard InChI is InChI=1S/C23H20ClFN2O5S/c1-15(22(28)26-14-16-6-8-17(24)9-7-16)32-23(29)20-4-2-3-5-21(20)27-33(30,31)19-12-10-18(25)11-13-19/h2-13,15,27H,14H2,1H3,(H,26,28). The highest BCUT2D eigenvalue weighted by Gasteiger charge is 2.23. The van der Waals surface area contributed by atoms with Gasteiger partial charge in [-0.05, 0) is 61.0 Å². The third-order valence-electron chi connectivity index (χ3n) is 4.55. The van der Waals surface area contributed by atoms with Gasteiger partial charge in [-0.15, -0.1) is 0 Å². The maximum Gasteiger partial charge on any atom is 0.341 e. The molecule has 0 saturated carbocycles. The second-order valence-corrected chi connectivity index (χ2v) is 9.12. The summed E-state index contributed by atoms with van der Waals surface area (Å²) < 4.78 is 45.8. The molecule has 0 aliphatic rings. The van der Waals surface area contributed by atoms with Crippen molar-refractivity contribution in [2.75, 3.05) is 4.72 Å². The number of rotatable bonds is 8. The van der Waals surface area contributed by atoms with Crippen LogP contribution in [-0.4, -0.2) is 26.4 Å². The van der Waals surface area contributed by atoms with Gasteiger partial charge in [0.1, 0.15) is 5.82 Å². The normalized spacial score (nSPS) is 12.0. The van der Waals surface area contributed by atoms with Gasteiger partial charge in [0.2, 0.25) is 0 Å². The number of amides is 1. The number of hydrogen-bond donors (Lipinski definition) is 2. The zero-order chi connectivity index (χ0) is 24.0. The highest BCUT2D eigenvalue weighted by Crippen LogP contribution is 2.21. The number of halogens is 2. The molecular weight excluding hydrogens is 471 g/mol. The Kier molecular flexibility index (Phi) is 7.67. The summed E-state index contributed by atoms with van der Waals surface area (Å²) >= 11 is 5.83. The fraction of sp³-hybridized carbons (Fsp3) is 0.130. The number of sulfonamides is 1. The lowest BCUT2D eigenvalue weighted by Crippen LogP contribution is -2.35. The molecule has 172 valence electrons. The molecule has 0 heterocycles. The van der Waals surface area contributed by atoms with Crippen molar-refractivity contribution in [3.8, 4) is 0 Å². The predicted molar refractivity (Wildman–Crippen MR) is 122 cm³/mol. The van der Waals surface area contributed by atoms with Gasteiger partial charge >= 0.3 is 5.97 Å². The molecule has 0 aliphatic carbocycles. The highest BCUT2D eigenvalue weighted by atomic mass is 35.5. The molecule has 1 atom stereocenters. The van der Waals surface area contributed by atoms with Gasteiger partial charge in [-0.3, -0.25) is 9.52 Å². The zero-order valence-electron chi connectivity index (χ0n) is 17.4. The summed E-state index contributed by atoms with van der Waals surface area (Å²) in [6.45, 7) is 1.62. The SMILES string of the molecule is CC(OC(=O)c1ccccc1NS(=O)(=O)c1ccc(F)cc1)C(=O)NCc1ccc(Cl)cc1. The predicted octanol–water partition coefficient (Wildman–Crippen LogP) is 4.14. The van der Waals surface area contributed by atoms with Crippen LogP contribution in [0.5, 0.6) is 0 Å². The van der Waals surface area contributed by atoms with Gasteiger partial charge in [0, 0.05) is 11.6 Å². The smallest absolute Gasteiger partial charge is 0.341 e. The minimum absolute atomic E-state index is 0.0411. The van der Waals surface area contributed by atoms with Crippen LogP contribution >= 0.6 is 11.6 Å². The summed E-state index contributed by atoms with van der Waals surface area (Å²) in [6, 6.07) is 16.9. The highest BCUT2D eigenvalue weighted by molar-refractivity contribution is 7.92. The van der Waals surface area contributed by atoms with Gasteiger partial charge in [0.25, 0.3) is 15.9 Å². The lowest BCUT2D eigenvalue weighted by molar-refractivity contribution is -0.129. The van der Waals surface area contributed by atoms with Gasteiger partial charge in [0.05, 0.1) is 16.1 Å². The summed E-state index contributed by atoms with van der Waals surface area (Å²) in [5.41, 5.74) is 0.688. The number of hydrogen-bond acceptors (Lipinski definition) is 5. The third kappa shape index (κ3) is 6.53. The van der Waals surface area contributed by atoms with E-state index < -0.39 is 33.8 Å². The Morgan fingerprint density at radius 2 is 1.64 bits per heavy atom. The number of anilines is 1. The molecule has 0 bridgehead atoms. The summed E-state index contributed by atoms with van der Waals surface area (Å²) in [5.74, 6) is -1.99. The fourth-order valence-electron chi connectivity index (χ4n) is 2.78. The minimum Gasteiger partial charge on any atom is -0.449 e. The van der Waals surface area contributed by atoms with Crippen LogP contribution in [0, 0.1) is 5.82 Å². The van der Waals surface area contributed by atoms with Crippen LogP contribution in [0.3, 0.4) is 0 Å². The van der Waals surface area contributed by atoms with Gasteiger partial charge in [-0.25, -0.2) is 17.6 Å². The summed E-state index contributed by atoms with van der Waals surface area (Å²) in [4.78, 5) is 24.8. The molecule has 0 saturated heterocycles. The molecule has 1 unspecified atom stereocenters. The number of para-hydroxylation sites is 1. The lowest BCUT2D eigenvalue weighted by atomic mass is 10.2. The molecule has 3 aromatic carbocycles. The quantitative estimate of drug-likeness (QED) is 0.462. The van der Waals surface area contributed by atoms with E-state index in [1.807, 2.05) is 0 Å². The first kappa shape index (κ1) is 24.2. The zero-order valence-corrected chi connectivity index (χ0v) is 19.0. The van der Waals surface area contributed by atoms with Gasteiger partial charge < -0.3 is 10.1 Å². The molecule has 0 spiro atoms. The Morgan fingerprint density at radius 1 is 1.00 bits per heavy atom. The number of esters is 1. The third-order valence-corrected chi connectivity index (χ3v) is 6.18. The summed E-state index contributed by atoms with van der Waals surface area (Å²) in [7, 11) is -4.09. The van der Waals surface area contributed by atoms with Crippen molar-refractivity contribution in [1.82, 2.24) is 5.32 Å². The average Bonchev–Trinajstić information content (AvgIpc) is 2.78. The van der Waals surface area contributed by atoms with E-state index in [4.69, 9.17) is 16.3 Å². The van der Waals surface area contributed by atoms with Crippen LogP contribution in [0.4, 0.5) is 10.1 Å². The molecule has 33 heavy (non-hydrogen) atoms. The van der Waals surface area contributed by atoms with E-state index in [0.717, 1.165) is 29.8 Å². The number of nitrogens with one attached hydrogen (secondary N) is 2. The molecular formula is C23H20ClFN2O5S. The summed E-state index contributed by atoms with van der Waals surface area (Å²) in [5, 5.41) is 3.22. The topological polar surface area (TPSA) is 102 Å².